The lowest BCUT2D eigenvalue weighted by molar-refractivity contribution is 0.0914. The Morgan fingerprint density at radius 1 is 1.29 bits per heavy atom. The SMILES string of the molecule is CN(C)c1ccc(CC(=O)n2ccnc2)cc1. The molecule has 0 aliphatic heterocycles. The second kappa shape index (κ2) is 4.82. The van der Waals surface area contributed by atoms with Crippen LogP contribution in [-0.2, 0) is 6.42 Å². The van der Waals surface area contributed by atoms with Crippen molar-refractivity contribution in [2.45, 2.75) is 6.42 Å². The number of aromatic nitrogens is 2. The van der Waals surface area contributed by atoms with E-state index < -0.39 is 0 Å². The van der Waals surface area contributed by atoms with Crippen molar-refractivity contribution >= 4 is 11.6 Å². The average molecular weight is 229 g/mol. The molecule has 0 bridgehead atoms. The van der Waals surface area contributed by atoms with Crippen LogP contribution in [0.2, 0.25) is 0 Å². The standard InChI is InChI=1S/C13H15N3O/c1-15(2)12-5-3-11(4-6-12)9-13(17)16-8-7-14-10-16/h3-8,10H,9H2,1-2H3. The van der Waals surface area contributed by atoms with Crippen molar-refractivity contribution in [2.24, 2.45) is 0 Å². The Morgan fingerprint density at radius 3 is 2.53 bits per heavy atom. The van der Waals surface area contributed by atoms with E-state index >= 15 is 0 Å². The molecule has 1 heterocycles. The molecule has 1 aromatic heterocycles. The second-order valence-electron chi connectivity index (χ2n) is 4.10. The van der Waals surface area contributed by atoms with Crippen molar-refractivity contribution in [1.82, 2.24) is 9.55 Å². The van der Waals surface area contributed by atoms with Gasteiger partial charge >= 0.3 is 0 Å². The van der Waals surface area contributed by atoms with E-state index in [9.17, 15) is 4.79 Å². The van der Waals surface area contributed by atoms with E-state index in [-0.39, 0.29) is 5.91 Å². The van der Waals surface area contributed by atoms with Gasteiger partial charge in [-0.05, 0) is 17.7 Å². The van der Waals surface area contributed by atoms with Crippen LogP contribution >= 0.6 is 0 Å². The van der Waals surface area contributed by atoms with E-state index in [4.69, 9.17) is 0 Å². The van der Waals surface area contributed by atoms with Gasteiger partial charge in [0.25, 0.3) is 0 Å². The highest BCUT2D eigenvalue weighted by molar-refractivity contribution is 5.81. The third kappa shape index (κ3) is 2.72. The molecule has 0 N–H and O–H groups in total. The van der Waals surface area contributed by atoms with Gasteiger partial charge < -0.3 is 4.90 Å². The van der Waals surface area contributed by atoms with E-state index in [1.165, 1.54) is 10.9 Å². The van der Waals surface area contributed by atoms with E-state index in [0.717, 1.165) is 11.3 Å². The first-order chi connectivity index (χ1) is 8.16. The summed E-state index contributed by atoms with van der Waals surface area (Å²) in [5.41, 5.74) is 2.14. The van der Waals surface area contributed by atoms with Gasteiger partial charge in [0.1, 0.15) is 6.33 Å². The molecule has 17 heavy (non-hydrogen) atoms. The lowest BCUT2D eigenvalue weighted by atomic mass is 10.1. The first-order valence-corrected chi connectivity index (χ1v) is 5.44. The molecule has 0 spiro atoms. The number of carbonyl (C=O) groups excluding carboxylic acids is 1. The smallest absolute Gasteiger partial charge is 0.236 e. The Hall–Kier alpha value is -2.10. The Morgan fingerprint density at radius 2 is 2.00 bits per heavy atom. The molecule has 0 radical (unpaired) electrons. The van der Waals surface area contributed by atoms with Crippen molar-refractivity contribution in [3.63, 3.8) is 0 Å². The molecule has 2 rings (SSSR count). The van der Waals surface area contributed by atoms with Crippen LogP contribution < -0.4 is 4.90 Å². The van der Waals surface area contributed by atoms with Crippen LogP contribution in [0.1, 0.15) is 10.4 Å². The van der Waals surface area contributed by atoms with Gasteiger partial charge in [0, 0.05) is 32.2 Å². The number of anilines is 1. The number of nitrogens with zero attached hydrogens (tertiary/aromatic N) is 3. The van der Waals surface area contributed by atoms with Crippen LogP contribution in [0.4, 0.5) is 5.69 Å². The summed E-state index contributed by atoms with van der Waals surface area (Å²) in [6.07, 6.45) is 5.18. The summed E-state index contributed by atoms with van der Waals surface area (Å²) < 4.78 is 1.50. The molecule has 0 amide bonds. The van der Waals surface area contributed by atoms with Crippen molar-refractivity contribution in [3.8, 4) is 0 Å². The molecule has 0 saturated heterocycles. The summed E-state index contributed by atoms with van der Waals surface area (Å²) in [5, 5.41) is 0. The quantitative estimate of drug-likeness (QED) is 0.806. The highest BCUT2D eigenvalue weighted by Gasteiger charge is 2.05. The summed E-state index contributed by atoms with van der Waals surface area (Å²) in [7, 11) is 3.98. The number of rotatable bonds is 3. The third-order valence-corrected chi connectivity index (χ3v) is 2.60. The molecule has 1 aromatic carbocycles. The first kappa shape index (κ1) is 11.4. The Labute approximate surface area is 101 Å². The molecule has 2 aromatic rings. The van der Waals surface area contributed by atoms with E-state index in [2.05, 4.69) is 4.98 Å². The number of hydrogen-bond acceptors (Lipinski definition) is 3. The Kier molecular flexibility index (Phi) is 3.23. The summed E-state index contributed by atoms with van der Waals surface area (Å²) in [6.45, 7) is 0. The molecule has 0 saturated carbocycles. The number of carbonyl (C=O) groups is 1. The largest absolute Gasteiger partial charge is 0.378 e. The molecule has 4 heteroatoms. The highest BCUT2D eigenvalue weighted by atomic mass is 16.2. The van der Waals surface area contributed by atoms with Gasteiger partial charge in [0.15, 0.2) is 0 Å². The topological polar surface area (TPSA) is 38.1 Å². The van der Waals surface area contributed by atoms with Crippen LogP contribution in [0, 0.1) is 0 Å². The van der Waals surface area contributed by atoms with Crippen LogP contribution in [0.25, 0.3) is 0 Å². The van der Waals surface area contributed by atoms with Gasteiger partial charge in [0.2, 0.25) is 5.91 Å². The fourth-order valence-electron chi connectivity index (χ4n) is 1.58. The zero-order valence-corrected chi connectivity index (χ0v) is 10.00. The lowest BCUT2D eigenvalue weighted by Gasteiger charge is -2.12. The second-order valence-corrected chi connectivity index (χ2v) is 4.10. The van der Waals surface area contributed by atoms with Crippen LogP contribution in [-0.4, -0.2) is 29.6 Å². The van der Waals surface area contributed by atoms with Crippen LogP contribution in [0.15, 0.2) is 43.0 Å². The van der Waals surface area contributed by atoms with Gasteiger partial charge in [-0.1, -0.05) is 12.1 Å². The van der Waals surface area contributed by atoms with Gasteiger partial charge in [0.05, 0.1) is 6.42 Å². The van der Waals surface area contributed by atoms with Gasteiger partial charge in [-0.15, -0.1) is 0 Å². The molecular formula is C13H15N3O. The average Bonchev–Trinajstić information content (AvgIpc) is 2.83. The van der Waals surface area contributed by atoms with Crippen LogP contribution in [0.3, 0.4) is 0 Å². The summed E-state index contributed by atoms with van der Waals surface area (Å²) in [6, 6.07) is 7.97. The van der Waals surface area contributed by atoms with E-state index in [0.29, 0.717) is 6.42 Å². The molecule has 88 valence electrons. The predicted molar refractivity (Wildman–Crippen MR) is 67.3 cm³/mol. The van der Waals surface area contributed by atoms with Gasteiger partial charge in [-0.3, -0.25) is 9.36 Å². The maximum atomic E-state index is 11.8. The minimum Gasteiger partial charge on any atom is -0.378 e. The normalized spacial score (nSPS) is 10.2. The molecule has 0 atom stereocenters. The fraction of sp³-hybridized carbons (Fsp3) is 0.231. The third-order valence-electron chi connectivity index (χ3n) is 2.60. The minimum atomic E-state index is 0.0279. The molecule has 4 nitrogen and oxygen atoms in total. The summed E-state index contributed by atoms with van der Waals surface area (Å²) >= 11 is 0. The Balaban J connectivity index is 2.07. The highest BCUT2D eigenvalue weighted by Crippen LogP contribution is 2.12. The van der Waals surface area contributed by atoms with Crippen molar-refractivity contribution in [2.75, 3.05) is 19.0 Å². The molecular weight excluding hydrogens is 214 g/mol. The number of benzene rings is 1. The monoisotopic (exact) mass is 229 g/mol. The molecule has 0 fully saturated rings. The van der Waals surface area contributed by atoms with E-state index in [1.807, 2.05) is 43.3 Å². The fourth-order valence-corrected chi connectivity index (χ4v) is 1.58. The van der Waals surface area contributed by atoms with Gasteiger partial charge in [-0.2, -0.15) is 0 Å². The van der Waals surface area contributed by atoms with E-state index in [1.54, 1.807) is 12.4 Å². The summed E-state index contributed by atoms with van der Waals surface area (Å²) in [5.74, 6) is 0.0279. The molecule has 0 aliphatic rings. The van der Waals surface area contributed by atoms with Crippen molar-refractivity contribution in [1.29, 1.82) is 0 Å². The number of imidazole rings is 1. The van der Waals surface area contributed by atoms with Gasteiger partial charge in [-0.25, -0.2) is 4.98 Å². The Bertz CT molecular complexity index is 486. The predicted octanol–water partition coefficient (Wildman–Crippen LogP) is 1.83. The number of hydrogen-bond donors (Lipinski definition) is 0. The van der Waals surface area contributed by atoms with Crippen LogP contribution in [0.5, 0.6) is 0 Å². The maximum Gasteiger partial charge on any atom is 0.236 e. The van der Waals surface area contributed by atoms with Crippen molar-refractivity contribution in [3.05, 3.63) is 48.5 Å². The van der Waals surface area contributed by atoms with Crippen molar-refractivity contribution < 1.29 is 4.79 Å². The maximum absolute atomic E-state index is 11.8. The lowest BCUT2D eigenvalue weighted by Crippen LogP contribution is -2.12. The molecule has 0 unspecified atom stereocenters. The summed E-state index contributed by atoms with van der Waals surface area (Å²) in [4.78, 5) is 17.7. The zero-order valence-electron chi connectivity index (χ0n) is 10.00. The minimum absolute atomic E-state index is 0.0279. The zero-order chi connectivity index (χ0) is 12.3. The first-order valence-electron chi connectivity index (χ1n) is 5.44. The molecule has 0 aliphatic carbocycles.